The van der Waals surface area contributed by atoms with Gasteiger partial charge in [0.15, 0.2) is 5.78 Å². The van der Waals surface area contributed by atoms with E-state index in [1.54, 1.807) is 0 Å². The Morgan fingerprint density at radius 2 is 1.94 bits per heavy atom. The molecule has 0 spiro atoms. The van der Waals surface area contributed by atoms with E-state index in [1.807, 2.05) is 24.3 Å². The fourth-order valence-corrected chi connectivity index (χ4v) is 1.53. The van der Waals surface area contributed by atoms with Crippen LogP contribution in [-0.2, 0) is 0 Å². The standard InChI is InChI=1S/C14H21NO2/c1-2-11-17-13-8-6-12(7-9-13)14(16)5-3-4-10-15/h6-9H,2-5,10-11,15H2,1H3. The fraction of sp³-hybridized carbons (Fsp3) is 0.500. The molecule has 0 unspecified atom stereocenters. The van der Waals surface area contributed by atoms with Crippen LogP contribution in [0.15, 0.2) is 24.3 Å². The molecule has 0 aliphatic carbocycles. The first-order valence-electron chi connectivity index (χ1n) is 6.24. The number of benzene rings is 1. The second-order valence-electron chi connectivity index (χ2n) is 4.04. The van der Waals surface area contributed by atoms with E-state index in [0.29, 0.717) is 19.6 Å². The molecule has 1 rings (SSSR count). The van der Waals surface area contributed by atoms with Gasteiger partial charge in [0, 0.05) is 12.0 Å². The average molecular weight is 235 g/mol. The lowest BCUT2D eigenvalue weighted by Crippen LogP contribution is -2.03. The van der Waals surface area contributed by atoms with Gasteiger partial charge in [-0.15, -0.1) is 0 Å². The van der Waals surface area contributed by atoms with E-state index in [1.165, 1.54) is 0 Å². The van der Waals surface area contributed by atoms with Gasteiger partial charge in [-0.05, 0) is 50.1 Å². The summed E-state index contributed by atoms with van der Waals surface area (Å²) in [4.78, 5) is 11.8. The Balaban J connectivity index is 2.46. The number of ether oxygens (including phenoxy) is 1. The molecule has 0 saturated heterocycles. The van der Waals surface area contributed by atoms with Crippen LogP contribution in [0.4, 0.5) is 0 Å². The molecule has 0 atom stereocenters. The van der Waals surface area contributed by atoms with Gasteiger partial charge in [-0.25, -0.2) is 0 Å². The molecule has 3 heteroatoms. The van der Waals surface area contributed by atoms with Crippen molar-refractivity contribution in [3.8, 4) is 5.75 Å². The maximum absolute atomic E-state index is 11.8. The molecule has 0 radical (unpaired) electrons. The molecular formula is C14H21NO2. The predicted molar refractivity (Wildman–Crippen MR) is 69.5 cm³/mol. The summed E-state index contributed by atoms with van der Waals surface area (Å²) in [6, 6.07) is 7.36. The lowest BCUT2D eigenvalue weighted by molar-refractivity contribution is 0.0979. The summed E-state index contributed by atoms with van der Waals surface area (Å²) in [6.07, 6.45) is 3.33. The van der Waals surface area contributed by atoms with Crippen LogP contribution in [0.5, 0.6) is 5.75 Å². The molecule has 1 aromatic carbocycles. The third kappa shape index (κ3) is 5.00. The van der Waals surface area contributed by atoms with E-state index in [-0.39, 0.29) is 5.78 Å². The van der Waals surface area contributed by atoms with Gasteiger partial charge >= 0.3 is 0 Å². The molecule has 94 valence electrons. The number of hydrogen-bond acceptors (Lipinski definition) is 3. The van der Waals surface area contributed by atoms with Gasteiger partial charge in [-0.2, -0.15) is 0 Å². The monoisotopic (exact) mass is 235 g/mol. The molecule has 0 saturated carbocycles. The fourth-order valence-electron chi connectivity index (χ4n) is 1.53. The van der Waals surface area contributed by atoms with Gasteiger partial charge in [0.1, 0.15) is 5.75 Å². The molecule has 17 heavy (non-hydrogen) atoms. The number of ketones is 1. The summed E-state index contributed by atoms with van der Waals surface area (Å²) in [7, 11) is 0. The van der Waals surface area contributed by atoms with Crippen molar-refractivity contribution >= 4 is 5.78 Å². The number of rotatable bonds is 8. The van der Waals surface area contributed by atoms with Crippen molar-refractivity contribution in [3.63, 3.8) is 0 Å². The molecule has 0 fully saturated rings. The van der Waals surface area contributed by atoms with E-state index in [2.05, 4.69) is 6.92 Å². The molecule has 2 N–H and O–H groups in total. The summed E-state index contributed by atoms with van der Waals surface area (Å²) >= 11 is 0. The highest BCUT2D eigenvalue weighted by atomic mass is 16.5. The van der Waals surface area contributed by atoms with Crippen LogP contribution >= 0.6 is 0 Å². The lowest BCUT2D eigenvalue weighted by atomic mass is 10.1. The van der Waals surface area contributed by atoms with Gasteiger partial charge in [-0.1, -0.05) is 6.92 Å². The molecule has 0 aromatic heterocycles. The maximum Gasteiger partial charge on any atom is 0.162 e. The molecule has 0 aliphatic heterocycles. The van der Waals surface area contributed by atoms with Gasteiger partial charge < -0.3 is 10.5 Å². The third-order valence-corrected chi connectivity index (χ3v) is 2.51. The quantitative estimate of drug-likeness (QED) is 0.557. The highest BCUT2D eigenvalue weighted by Gasteiger charge is 2.05. The lowest BCUT2D eigenvalue weighted by Gasteiger charge is -2.05. The van der Waals surface area contributed by atoms with Crippen molar-refractivity contribution in [3.05, 3.63) is 29.8 Å². The first-order valence-corrected chi connectivity index (χ1v) is 6.24. The van der Waals surface area contributed by atoms with Crippen LogP contribution < -0.4 is 10.5 Å². The zero-order chi connectivity index (χ0) is 12.5. The molecular weight excluding hydrogens is 214 g/mol. The van der Waals surface area contributed by atoms with Gasteiger partial charge in [-0.3, -0.25) is 4.79 Å². The van der Waals surface area contributed by atoms with Gasteiger partial charge in [0.05, 0.1) is 6.61 Å². The number of hydrogen-bond donors (Lipinski definition) is 1. The van der Waals surface area contributed by atoms with Gasteiger partial charge in [0.2, 0.25) is 0 Å². The van der Waals surface area contributed by atoms with E-state index in [4.69, 9.17) is 10.5 Å². The Hall–Kier alpha value is -1.35. The zero-order valence-electron chi connectivity index (χ0n) is 10.4. The summed E-state index contributed by atoms with van der Waals surface area (Å²) in [5.74, 6) is 1.01. The second-order valence-corrected chi connectivity index (χ2v) is 4.04. The summed E-state index contributed by atoms with van der Waals surface area (Å²) in [6.45, 7) is 3.43. The smallest absolute Gasteiger partial charge is 0.162 e. The number of unbranched alkanes of at least 4 members (excludes halogenated alkanes) is 1. The van der Waals surface area contributed by atoms with E-state index in [0.717, 1.165) is 30.6 Å². The molecule has 1 aromatic rings. The molecule has 0 aliphatic rings. The summed E-state index contributed by atoms with van der Waals surface area (Å²) in [5, 5.41) is 0. The SMILES string of the molecule is CCCOc1ccc(C(=O)CCCCN)cc1. The highest BCUT2D eigenvalue weighted by molar-refractivity contribution is 5.96. The van der Waals surface area contributed by atoms with Crippen LogP contribution in [0.2, 0.25) is 0 Å². The number of nitrogens with two attached hydrogens (primary N) is 1. The molecule has 3 nitrogen and oxygen atoms in total. The maximum atomic E-state index is 11.8. The van der Waals surface area contributed by atoms with Crippen LogP contribution in [0.1, 0.15) is 43.0 Å². The summed E-state index contributed by atoms with van der Waals surface area (Å²) in [5.41, 5.74) is 6.15. The van der Waals surface area contributed by atoms with Crippen LogP contribution in [-0.4, -0.2) is 18.9 Å². The summed E-state index contributed by atoms with van der Waals surface area (Å²) < 4.78 is 5.46. The minimum Gasteiger partial charge on any atom is -0.494 e. The number of Topliss-reactive ketones (excluding diaryl/α,β-unsaturated/α-hetero) is 1. The van der Waals surface area contributed by atoms with Crippen molar-refractivity contribution in [1.82, 2.24) is 0 Å². The van der Waals surface area contributed by atoms with Crippen LogP contribution in [0.25, 0.3) is 0 Å². The Kier molecular flexibility index (Phi) is 6.33. The molecule has 0 amide bonds. The van der Waals surface area contributed by atoms with Crippen LogP contribution in [0, 0.1) is 0 Å². The van der Waals surface area contributed by atoms with Crippen molar-refractivity contribution in [2.75, 3.05) is 13.2 Å². The Labute approximate surface area is 103 Å². The number of carbonyl (C=O) groups excluding carboxylic acids is 1. The van der Waals surface area contributed by atoms with Crippen molar-refractivity contribution in [2.45, 2.75) is 32.6 Å². The van der Waals surface area contributed by atoms with E-state index >= 15 is 0 Å². The first-order chi connectivity index (χ1) is 8.27. The van der Waals surface area contributed by atoms with Gasteiger partial charge in [0.25, 0.3) is 0 Å². The van der Waals surface area contributed by atoms with E-state index < -0.39 is 0 Å². The third-order valence-electron chi connectivity index (χ3n) is 2.51. The Morgan fingerprint density at radius 1 is 1.24 bits per heavy atom. The Morgan fingerprint density at radius 3 is 2.53 bits per heavy atom. The minimum absolute atomic E-state index is 0.181. The van der Waals surface area contributed by atoms with E-state index in [9.17, 15) is 4.79 Å². The second kappa shape index (κ2) is 7.85. The largest absolute Gasteiger partial charge is 0.494 e. The van der Waals surface area contributed by atoms with Crippen molar-refractivity contribution in [1.29, 1.82) is 0 Å². The van der Waals surface area contributed by atoms with Crippen LogP contribution in [0.3, 0.4) is 0 Å². The highest BCUT2D eigenvalue weighted by Crippen LogP contribution is 2.14. The Bertz CT molecular complexity index is 333. The molecule has 0 bridgehead atoms. The first kappa shape index (κ1) is 13.7. The minimum atomic E-state index is 0.181. The topological polar surface area (TPSA) is 52.3 Å². The normalized spacial score (nSPS) is 10.2. The zero-order valence-corrected chi connectivity index (χ0v) is 10.4. The van der Waals surface area contributed by atoms with Crippen molar-refractivity contribution in [2.24, 2.45) is 5.73 Å². The average Bonchev–Trinajstić information content (AvgIpc) is 2.37. The predicted octanol–water partition coefficient (Wildman–Crippen LogP) is 2.79. The number of carbonyl (C=O) groups is 1. The molecule has 0 heterocycles. The van der Waals surface area contributed by atoms with Crippen molar-refractivity contribution < 1.29 is 9.53 Å².